The van der Waals surface area contributed by atoms with E-state index in [1.807, 2.05) is 25.7 Å². The predicted octanol–water partition coefficient (Wildman–Crippen LogP) is 3.45. The third-order valence-electron chi connectivity index (χ3n) is 4.59. The first-order chi connectivity index (χ1) is 13.0. The maximum absolute atomic E-state index is 12.6. The fourth-order valence-corrected chi connectivity index (χ4v) is 3.02. The zero-order valence-corrected chi connectivity index (χ0v) is 16.1. The van der Waals surface area contributed by atoms with Gasteiger partial charge in [-0.15, -0.1) is 0 Å². The Bertz CT molecular complexity index is 817. The van der Waals surface area contributed by atoms with Gasteiger partial charge in [0.1, 0.15) is 0 Å². The first-order valence-corrected chi connectivity index (χ1v) is 9.06. The van der Waals surface area contributed by atoms with Crippen molar-refractivity contribution in [2.45, 2.75) is 33.5 Å². The zero-order chi connectivity index (χ0) is 20.5. The van der Waals surface area contributed by atoms with E-state index in [1.165, 1.54) is 12.1 Å². The van der Waals surface area contributed by atoms with E-state index in [2.05, 4.69) is 15.0 Å². The number of piperazine rings is 1. The fraction of sp³-hybridized carbons (Fsp3) is 0.526. The number of carbonyl (C=O) groups is 1. The molecule has 0 atom stereocenters. The van der Waals surface area contributed by atoms with Crippen LogP contribution in [0.25, 0.3) is 11.5 Å². The van der Waals surface area contributed by atoms with Crippen LogP contribution in [0.1, 0.15) is 32.2 Å². The SMILES string of the molecule is CC(C)(C)C(=O)N1CCN(Cc2noc(-c3ccc(C(F)(F)F)cc3)n2)CC1. The quantitative estimate of drug-likeness (QED) is 0.795. The number of nitrogens with zero attached hydrogens (tertiary/aromatic N) is 4. The molecule has 0 radical (unpaired) electrons. The topological polar surface area (TPSA) is 62.5 Å². The number of hydrogen-bond donors (Lipinski definition) is 0. The summed E-state index contributed by atoms with van der Waals surface area (Å²) >= 11 is 0. The molecule has 152 valence electrons. The molecule has 1 aromatic heterocycles. The van der Waals surface area contributed by atoms with Gasteiger partial charge < -0.3 is 9.42 Å². The normalized spacial score (nSPS) is 16.4. The van der Waals surface area contributed by atoms with Gasteiger partial charge in [-0.1, -0.05) is 25.9 Å². The maximum atomic E-state index is 12.6. The van der Waals surface area contributed by atoms with Crippen molar-refractivity contribution in [2.75, 3.05) is 26.2 Å². The summed E-state index contributed by atoms with van der Waals surface area (Å²) in [7, 11) is 0. The van der Waals surface area contributed by atoms with E-state index >= 15 is 0 Å². The van der Waals surface area contributed by atoms with E-state index in [0.29, 0.717) is 44.1 Å². The molecule has 3 rings (SSSR count). The molecule has 6 nitrogen and oxygen atoms in total. The Balaban J connectivity index is 1.58. The van der Waals surface area contributed by atoms with Crippen molar-refractivity contribution >= 4 is 5.91 Å². The minimum atomic E-state index is -4.38. The third kappa shape index (κ3) is 4.70. The second-order valence-electron chi connectivity index (χ2n) is 7.91. The number of rotatable bonds is 3. The van der Waals surface area contributed by atoms with E-state index in [9.17, 15) is 18.0 Å². The second-order valence-corrected chi connectivity index (χ2v) is 7.91. The van der Waals surface area contributed by atoms with Gasteiger partial charge in [0.15, 0.2) is 5.82 Å². The molecule has 0 saturated carbocycles. The molecule has 1 aromatic carbocycles. The maximum Gasteiger partial charge on any atom is 0.416 e. The summed E-state index contributed by atoms with van der Waals surface area (Å²) in [5.41, 5.74) is -0.683. The van der Waals surface area contributed by atoms with E-state index in [1.54, 1.807) is 0 Å². The standard InChI is InChI=1S/C19H23F3N4O2/c1-18(2,3)17(27)26-10-8-25(9-11-26)12-15-23-16(28-24-15)13-4-6-14(7-5-13)19(20,21)22/h4-7H,8-12H2,1-3H3. The highest BCUT2D eigenvalue weighted by Gasteiger charge is 2.31. The van der Waals surface area contributed by atoms with Crippen LogP contribution in [0.4, 0.5) is 13.2 Å². The molecule has 28 heavy (non-hydrogen) atoms. The molecule has 0 bridgehead atoms. The molecule has 0 spiro atoms. The first-order valence-electron chi connectivity index (χ1n) is 9.06. The van der Waals surface area contributed by atoms with Crippen LogP contribution in [0, 0.1) is 5.41 Å². The highest BCUT2D eigenvalue weighted by molar-refractivity contribution is 5.81. The summed E-state index contributed by atoms with van der Waals surface area (Å²) in [6.07, 6.45) is -4.38. The molecule has 1 amide bonds. The van der Waals surface area contributed by atoms with Gasteiger partial charge in [0.05, 0.1) is 12.1 Å². The van der Waals surface area contributed by atoms with Crippen LogP contribution in [0.2, 0.25) is 0 Å². The highest BCUT2D eigenvalue weighted by Crippen LogP contribution is 2.30. The summed E-state index contributed by atoms with van der Waals surface area (Å²) in [5, 5.41) is 3.92. The van der Waals surface area contributed by atoms with Crippen molar-refractivity contribution < 1.29 is 22.5 Å². The molecule has 1 aliphatic rings. The van der Waals surface area contributed by atoms with E-state index < -0.39 is 17.2 Å². The van der Waals surface area contributed by atoms with Crippen LogP contribution < -0.4 is 0 Å². The Morgan fingerprint density at radius 2 is 1.68 bits per heavy atom. The molecule has 0 aliphatic carbocycles. The van der Waals surface area contributed by atoms with E-state index in [0.717, 1.165) is 12.1 Å². The highest BCUT2D eigenvalue weighted by atomic mass is 19.4. The number of carbonyl (C=O) groups excluding carboxylic acids is 1. The lowest BCUT2D eigenvalue weighted by Gasteiger charge is -2.37. The average Bonchev–Trinajstić information content (AvgIpc) is 3.09. The number of aromatic nitrogens is 2. The molecular weight excluding hydrogens is 373 g/mol. The molecule has 2 aromatic rings. The third-order valence-corrected chi connectivity index (χ3v) is 4.59. The molecule has 2 heterocycles. The van der Waals surface area contributed by atoms with Crippen LogP contribution >= 0.6 is 0 Å². The van der Waals surface area contributed by atoms with Gasteiger partial charge in [-0.05, 0) is 24.3 Å². The fourth-order valence-electron chi connectivity index (χ4n) is 3.02. The molecule has 1 aliphatic heterocycles. The Morgan fingerprint density at radius 1 is 1.07 bits per heavy atom. The van der Waals surface area contributed by atoms with Gasteiger partial charge in [-0.3, -0.25) is 9.69 Å². The molecule has 9 heteroatoms. The lowest BCUT2D eigenvalue weighted by Crippen LogP contribution is -2.51. The van der Waals surface area contributed by atoms with Gasteiger partial charge in [0.2, 0.25) is 5.91 Å². The van der Waals surface area contributed by atoms with Crippen molar-refractivity contribution in [3.8, 4) is 11.5 Å². The van der Waals surface area contributed by atoms with Crippen molar-refractivity contribution in [3.05, 3.63) is 35.7 Å². The summed E-state index contributed by atoms with van der Waals surface area (Å²) in [6, 6.07) is 4.61. The lowest BCUT2D eigenvalue weighted by molar-refractivity contribution is -0.141. The largest absolute Gasteiger partial charge is 0.416 e. The van der Waals surface area contributed by atoms with Gasteiger partial charge in [0, 0.05) is 37.2 Å². The van der Waals surface area contributed by atoms with Crippen molar-refractivity contribution in [2.24, 2.45) is 5.41 Å². The second kappa shape index (κ2) is 7.54. The van der Waals surface area contributed by atoms with Gasteiger partial charge >= 0.3 is 6.18 Å². The number of amides is 1. The predicted molar refractivity (Wildman–Crippen MR) is 96.0 cm³/mol. The molecule has 1 fully saturated rings. The van der Waals surface area contributed by atoms with Crippen LogP contribution in [0.3, 0.4) is 0 Å². The molecule has 0 unspecified atom stereocenters. The van der Waals surface area contributed by atoms with E-state index in [4.69, 9.17) is 4.52 Å². The summed E-state index contributed by atoms with van der Waals surface area (Å²) in [5.74, 6) is 0.784. The summed E-state index contributed by atoms with van der Waals surface area (Å²) in [4.78, 5) is 20.6. The monoisotopic (exact) mass is 396 g/mol. The van der Waals surface area contributed by atoms with Gasteiger partial charge in [-0.2, -0.15) is 18.2 Å². The van der Waals surface area contributed by atoms with Crippen LogP contribution in [0.15, 0.2) is 28.8 Å². The van der Waals surface area contributed by atoms with Crippen LogP contribution in [0.5, 0.6) is 0 Å². The lowest BCUT2D eigenvalue weighted by atomic mass is 9.94. The molecular formula is C19H23F3N4O2. The Kier molecular flexibility index (Phi) is 5.47. The molecule has 1 saturated heterocycles. The van der Waals surface area contributed by atoms with Crippen molar-refractivity contribution in [1.82, 2.24) is 19.9 Å². The number of alkyl halides is 3. The number of halogens is 3. The first kappa shape index (κ1) is 20.3. The Labute approximate surface area is 161 Å². The van der Waals surface area contributed by atoms with Crippen molar-refractivity contribution in [3.63, 3.8) is 0 Å². The smallest absolute Gasteiger partial charge is 0.340 e. The van der Waals surface area contributed by atoms with Crippen LogP contribution in [-0.2, 0) is 17.5 Å². The zero-order valence-electron chi connectivity index (χ0n) is 16.1. The van der Waals surface area contributed by atoms with E-state index in [-0.39, 0.29) is 11.8 Å². The molecule has 0 N–H and O–H groups in total. The Morgan fingerprint density at radius 3 is 2.21 bits per heavy atom. The Hall–Kier alpha value is -2.42. The average molecular weight is 396 g/mol. The summed E-state index contributed by atoms with van der Waals surface area (Å²) < 4.78 is 43.1. The van der Waals surface area contributed by atoms with Crippen LogP contribution in [-0.4, -0.2) is 52.0 Å². The van der Waals surface area contributed by atoms with Crippen molar-refractivity contribution in [1.29, 1.82) is 0 Å². The minimum Gasteiger partial charge on any atom is -0.340 e. The van der Waals surface area contributed by atoms with Gasteiger partial charge in [-0.25, -0.2) is 0 Å². The number of benzene rings is 1. The minimum absolute atomic E-state index is 0.135. The van der Waals surface area contributed by atoms with Gasteiger partial charge in [0.25, 0.3) is 5.89 Å². The number of hydrogen-bond acceptors (Lipinski definition) is 5. The summed E-state index contributed by atoms with van der Waals surface area (Å²) in [6.45, 7) is 8.86.